The third-order valence-electron chi connectivity index (χ3n) is 10.5. The molecule has 2 saturated carbocycles. The minimum atomic E-state index is -1.97. The topological polar surface area (TPSA) is 44.8 Å². The van der Waals surface area contributed by atoms with Crippen LogP contribution < -0.4 is 10.4 Å². The van der Waals surface area contributed by atoms with Gasteiger partial charge < -0.3 is 13.9 Å². The first-order chi connectivity index (χ1) is 19.8. The summed E-state index contributed by atoms with van der Waals surface area (Å²) in [4.78, 5) is 14.3. The van der Waals surface area contributed by atoms with Crippen molar-refractivity contribution < 1.29 is 18.7 Å². The van der Waals surface area contributed by atoms with E-state index < -0.39 is 9.04 Å². The first kappa shape index (κ1) is 27.3. The van der Waals surface area contributed by atoms with Gasteiger partial charge >= 0.3 is 0 Å². The maximum Gasteiger partial charge on any atom is 0.239 e. The van der Waals surface area contributed by atoms with Gasteiger partial charge in [-0.05, 0) is 63.6 Å². The highest BCUT2D eigenvalue weighted by atomic mass is 28.3. The summed E-state index contributed by atoms with van der Waals surface area (Å²) in [6.45, 7) is 8.57. The van der Waals surface area contributed by atoms with Crippen LogP contribution in [0.25, 0.3) is 0 Å². The molecule has 1 saturated heterocycles. The fourth-order valence-corrected chi connectivity index (χ4v) is 10.9. The van der Waals surface area contributed by atoms with Crippen molar-refractivity contribution in [1.82, 2.24) is 0 Å². The fourth-order valence-electron chi connectivity index (χ4n) is 8.54. The second-order valence-corrected chi connectivity index (χ2v) is 16.2. The summed E-state index contributed by atoms with van der Waals surface area (Å²) >= 11 is 0. The predicted octanol–water partition coefficient (Wildman–Crippen LogP) is 4.95. The number of fused-ring (bicyclic) bond motifs is 7. The Bertz CT molecular complexity index is 1360. The highest BCUT2D eigenvalue weighted by molar-refractivity contribution is 6.80. The van der Waals surface area contributed by atoms with Crippen molar-refractivity contribution in [2.24, 2.45) is 17.3 Å². The number of hydrogen-bond donors (Lipinski definition) is 0. The molecule has 2 unspecified atom stereocenters. The molecule has 5 heteroatoms. The first-order valence-electron chi connectivity index (χ1n) is 15.5. The summed E-state index contributed by atoms with van der Waals surface area (Å²) in [7, 11) is -1.97. The van der Waals surface area contributed by atoms with Crippen LogP contribution in [0.3, 0.4) is 0 Å². The Labute approximate surface area is 246 Å². The number of carbonyl (C=O) groups is 1. The van der Waals surface area contributed by atoms with Gasteiger partial charge in [0.25, 0.3) is 0 Å². The van der Waals surface area contributed by atoms with E-state index in [0.717, 1.165) is 19.3 Å². The van der Waals surface area contributed by atoms with Crippen molar-refractivity contribution in [3.05, 3.63) is 95.6 Å². The summed E-state index contributed by atoms with van der Waals surface area (Å²) < 4.78 is 20.0. The number of ether oxygens (including phenoxy) is 2. The van der Waals surface area contributed by atoms with Crippen LogP contribution in [0.1, 0.15) is 62.6 Å². The molecule has 214 valence electrons. The van der Waals surface area contributed by atoms with E-state index in [4.69, 9.17) is 13.9 Å². The predicted molar refractivity (Wildman–Crippen MR) is 165 cm³/mol. The minimum Gasteiger partial charge on any atom is -0.410 e. The van der Waals surface area contributed by atoms with Crippen molar-refractivity contribution in [3.8, 4) is 0 Å². The lowest BCUT2D eigenvalue weighted by molar-refractivity contribution is -0.177. The van der Waals surface area contributed by atoms with E-state index in [0.29, 0.717) is 43.9 Å². The van der Waals surface area contributed by atoms with E-state index in [2.05, 4.69) is 99.6 Å². The zero-order chi connectivity index (χ0) is 28.2. The number of benzene rings is 3. The van der Waals surface area contributed by atoms with Crippen molar-refractivity contribution >= 4 is 25.2 Å². The van der Waals surface area contributed by atoms with Gasteiger partial charge in [0.15, 0.2) is 0 Å². The van der Waals surface area contributed by atoms with Gasteiger partial charge in [0.05, 0.1) is 25.4 Å². The van der Waals surface area contributed by atoms with Crippen LogP contribution in [-0.2, 0) is 30.5 Å². The second kappa shape index (κ2) is 10.6. The van der Waals surface area contributed by atoms with Gasteiger partial charge in [-0.1, -0.05) is 99.6 Å². The number of rotatable bonds is 5. The standard InChI is InChI=1S/C36H42O4Si/c1-35(2,3)25-15-17-28-24(20-25)14-16-29-30-21-32-34(39-19-18-38-32)36(30,22-31(37)33(28)29)23-40-41(26-10-6-4-7-11-26)27-12-8-5-9-13-27/h4-13,15,17,20,29-30,32-34,41H,14,16,18-19,21-23H2,1-3H3/t29-,30-,32?,33+,34?,36+/m0/s1. The molecule has 0 aromatic heterocycles. The SMILES string of the molecule is CC(C)(C)c1ccc2c(c1)CC[C@@H]1[C@@H]2C(=O)C[C@]2(CO[SiH](c3ccccc3)c3ccccc3)C3OCCOC3C[C@@H]12. The van der Waals surface area contributed by atoms with Crippen LogP contribution in [0.5, 0.6) is 0 Å². The lowest BCUT2D eigenvalue weighted by Crippen LogP contribution is -2.57. The van der Waals surface area contributed by atoms with Gasteiger partial charge in [-0.15, -0.1) is 0 Å². The molecule has 4 nitrogen and oxygen atoms in total. The third kappa shape index (κ3) is 4.75. The molecule has 41 heavy (non-hydrogen) atoms. The molecule has 3 aliphatic carbocycles. The van der Waals surface area contributed by atoms with E-state index in [9.17, 15) is 4.79 Å². The molecule has 3 aromatic rings. The van der Waals surface area contributed by atoms with Crippen LogP contribution in [0.2, 0.25) is 0 Å². The highest BCUT2D eigenvalue weighted by Crippen LogP contribution is 2.61. The van der Waals surface area contributed by atoms with Crippen molar-refractivity contribution in [2.45, 2.75) is 70.0 Å². The van der Waals surface area contributed by atoms with Crippen LogP contribution in [-0.4, -0.2) is 46.9 Å². The normalized spacial score (nSPS) is 30.8. The van der Waals surface area contributed by atoms with Crippen molar-refractivity contribution in [3.63, 3.8) is 0 Å². The maximum atomic E-state index is 14.3. The van der Waals surface area contributed by atoms with E-state index in [-0.39, 0.29) is 29.0 Å². The number of Topliss-reactive ketones (excluding diaryl/α,β-unsaturated/α-hetero) is 1. The summed E-state index contributed by atoms with van der Waals surface area (Å²) in [5.74, 6) is 0.989. The smallest absolute Gasteiger partial charge is 0.239 e. The van der Waals surface area contributed by atoms with Gasteiger partial charge in [-0.2, -0.15) is 0 Å². The van der Waals surface area contributed by atoms with Gasteiger partial charge in [-0.25, -0.2) is 0 Å². The van der Waals surface area contributed by atoms with Gasteiger partial charge in [-0.3, -0.25) is 4.79 Å². The molecule has 1 aliphatic heterocycles. The largest absolute Gasteiger partial charge is 0.410 e. The molecule has 7 rings (SSSR count). The van der Waals surface area contributed by atoms with Gasteiger partial charge in [0, 0.05) is 24.4 Å². The Kier molecular flexibility index (Phi) is 7.06. The molecular formula is C36H42O4Si. The number of hydrogen-bond acceptors (Lipinski definition) is 4. The molecule has 0 radical (unpaired) electrons. The van der Waals surface area contributed by atoms with Gasteiger partial charge in [0.1, 0.15) is 5.78 Å². The lowest BCUT2D eigenvalue weighted by atomic mass is 9.54. The summed E-state index contributed by atoms with van der Waals surface area (Å²) in [5.41, 5.74) is 3.75. The molecule has 0 spiro atoms. The minimum absolute atomic E-state index is 0.0256. The summed E-state index contributed by atoms with van der Waals surface area (Å²) in [5, 5.41) is 2.53. The lowest BCUT2D eigenvalue weighted by Gasteiger charge is -2.51. The van der Waals surface area contributed by atoms with E-state index in [1.165, 1.54) is 27.1 Å². The van der Waals surface area contributed by atoms with Crippen LogP contribution in [0, 0.1) is 17.3 Å². The van der Waals surface area contributed by atoms with Gasteiger partial charge in [0.2, 0.25) is 9.04 Å². The summed E-state index contributed by atoms with van der Waals surface area (Å²) in [6.07, 6.45) is 3.50. The van der Waals surface area contributed by atoms with E-state index in [1.54, 1.807) is 0 Å². The fraction of sp³-hybridized carbons (Fsp3) is 0.472. The van der Waals surface area contributed by atoms with E-state index in [1.807, 2.05) is 0 Å². The van der Waals surface area contributed by atoms with Crippen LogP contribution in [0.15, 0.2) is 78.9 Å². The average molecular weight is 567 g/mol. The quantitative estimate of drug-likeness (QED) is 0.410. The second-order valence-electron chi connectivity index (χ2n) is 13.8. The molecule has 0 bridgehead atoms. The zero-order valence-corrected chi connectivity index (χ0v) is 25.7. The van der Waals surface area contributed by atoms with Crippen LogP contribution >= 0.6 is 0 Å². The Morgan fingerprint density at radius 1 is 0.927 bits per heavy atom. The molecular weight excluding hydrogens is 524 g/mol. The summed E-state index contributed by atoms with van der Waals surface area (Å²) in [6, 6.07) is 28.2. The Morgan fingerprint density at radius 2 is 1.61 bits per heavy atom. The molecule has 0 amide bonds. The molecule has 3 fully saturated rings. The highest BCUT2D eigenvalue weighted by Gasteiger charge is 2.65. The van der Waals surface area contributed by atoms with Crippen molar-refractivity contribution in [2.75, 3.05) is 19.8 Å². The first-order valence-corrected chi connectivity index (χ1v) is 17.1. The maximum absolute atomic E-state index is 14.3. The Balaban J connectivity index is 1.24. The number of carbonyl (C=O) groups excluding carboxylic acids is 1. The zero-order valence-electron chi connectivity index (χ0n) is 24.6. The number of aryl methyl sites for hydroxylation is 1. The molecule has 0 N–H and O–H groups in total. The van der Waals surface area contributed by atoms with Crippen molar-refractivity contribution in [1.29, 1.82) is 0 Å². The Hall–Kier alpha value is -2.57. The molecule has 1 heterocycles. The van der Waals surface area contributed by atoms with Crippen LogP contribution in [0.4, 0.5) is 0 Å². The monoisotopic (exact) mass is 566 g/mol. The third-order valence-corrected chi connectivity index (χ3v) is 12.9. The average Bonchev–Trinajstić information content (AvgIpc) is 3.31. The molecule has 3 aromatic carbocycles. The Morgan fingerprint density at radius 3 is 2.29 bits per heavy atom. The number of ketones is 1. The molecule has 6 atom stereocenters. The van der Waals surface area contributed by atoms with E-state index >= 15 is 0 Å². The molecule has 4 aliphatic rings.